The molecule has 1 aliphatic rings. The molecule has 0 radical (unpaired) electrons. The molecule has 1 aromatic carbocycles. The normalized spacial score (nSPS) is 22.5. The molecule has 1 amide bonds. The molecule has 5 nitrogen and oxygen atoms in total. The third-order valence-electron chi connectivity index (χ3n) is 6.06. The highest BCUT2D eigenvalue weighted by Crippen LogP contribution is 2.49. The van der Waals surface area contributed by atoms with Gasteiger partial charge in [0.2, 0.25) is 0 Å². The molecule has 0 saturated carbocycles. The van der Waals surface area contributed by atoms with Gasteiger partial charge in [-0.15, -0.1) is 0 Å². The van der Waals surface area contributed by atoms with Crippen molar-refractivity contribution < 1.29 is 27.4 Å². The van der Waals surface area contributed by atoms with Crippen LogP contribution in [0.25, 0.3) is 0 Å². The number of carbonyl (C=O) groups excluding carboxylic acids is 1. The lowest BCUT2D eigenvalue weighted by atomic mass is 9.77. The van der Waals surface area contributed by atoms with Gasteiger partial charge in [0.25, 0.3) is 12.3 Å². The topological polar surface area (TPSA) is 60.5 Å². The van der Waals surface area contributed by atoms with Crippen LogP contribution in [0.4, 0.5) is 18.9 Å². The molecular weight excluding hydrogens is 409 g/mol. The number of ether oxygens (including phenoxy) is 2. The van der Waals surface area contributed by atoms with Crippen LogP contribution in [0.15, 0.2) is 30.5 Å². The number of anilines is 1. The van der Waals surface area contributed by atoms with Crippen molar-refractivity contribution in [2.45, 2.75) is 58.2 Å². The van der Waals surface area contributed by atoms with Crippen molar-refractivity contribution >= 4 is 11.6 Å². The van der Waals surface area contributed by atoms with E-state index in [0.717, 1.165) is 18.2 Å². The number of aryl methyl sites for hydroxylation is 1. The van der Waals surface area contributed by atoms with Crippen molar-refractivity contribution in [2.75, 3.05) is 12.4 Å². The Morgan fingerprint density at radius 3 is 2.55 bits per heavy atom. The van der Waals surface area contributed by atoms with Crippen LogP contribution in [0.1, 0.15) is 56.9 Å². The Morgan fingerprint density at radius 1 is 1.29 bits per heavy atom. The second-order valence-electron chi connectivity index (χ2n) is 8.23. The zero-order valence-electron chi connectivity index (χ0n) is 18.2. The third-order valence-corrected chi connectivity index (χ3v) is 6.06. The summed E-state index contributed by atoms with van der Waals surface area (Å²) in [6.07, 6.45) is -1.61. The highest BCUT2D eigenvalue weighted by molar-refractivity contribution is 5.95. The molecule has 0 spiro atoms. The van der Waals surface area contributed by atoms with Crippen molar-refractivity contribution in [3.05, 3.63) is 53.1 Å². The molecule has 0 aliphatic carbocycles. The average molecular weight is 436 g/mol. The van der Waals surface area contributed by atoms with Gasteiger partial charge < -0.3 is 14.8 Å². The van der Waals surface area contributed by atoms with Crippen LogP contribution in [0.5, 0.6) is 5.75 Å². The summed E-state index contributed by atoms with van der Waals surface area (Å²) in [7, 11) is 1.22. The van der Waals surface area contributed by atoms with Gasteiger partial charge in [-0.3, -0.25) is 9.78 Å². The van der Waals surface area contributed by atoms with Crippen LogP contribution >= 0.6 is 0 Å². The predicted octanol–water partition coefficient (Wildman–Crippen LogP) is 5.27. The van der Waals surface area contributed by atoms with Crippen molar-refractivity contribution in [1.29, 1.82) is 0 Å². The number of hydrogen-bond acceptors (Lipinski definition) is 4. The molecule has 31 heavy (non-hydrogen) atoms. The van der Waals surface area contributed by atoms with E-state index in [1.165, 1.54) is 13.2 Å². The number of benzene rings is 1. The fourth-order valence-electron chi connectivity index (χ4n) is 4.00. The molecule has 3 rings (SSSR count). The van der Waals surface area contributed by atoms with Gasteiger partial charge in [0.1, 0.15) is 6.10 Å². The van der Waals surface area contributed by atoms with Gasteiger partial charge in [0.15, 0.2) is 11.6 Å². The zero-order valence-corrected chi connectivity index (χ0v) is 18.2. The van der Waals surface area contributed by atoms with E-state index >= 15 is 0 Å². The van der Waals surface area contributed by atoms with E-state index < -0.39 is 41.3 Å². The Balaban J connectivity index is 1.98. The minimum atomic E-state index is -2.98. The van der Waals surface area contributed by atoms with E-state index in [4.69, 9.17) is 9.47 Å². The molecule has 168 valence electrons. The molecular formula is C23H27F3N2O3. The molecule has 8 heteroatoms. The second kappa shape index (κ2) is 8.86. The molecule has 1 fully saturated rings. The molecule has 2 heterocycles. The summed E-state index contributed by atoms with van der Waals surface area (Å²) in [5, 5.41) is 2.79. The summed E-state index contributed by atoms with van der Waals surface area (Å²) < 4.78 is 52.3. The van der Waals surface area contributed by atoms with E-state index in [-0.39, 0.29) is 11.7 Å². The molecule has 1 aliphatic heterocycles. The lowest BCUT2D eigenvalue weighted by molar-refractivity contribution is -0.131. The first-order valence-corrected chi connectivity index (χ1v) is 10.2. The fraction of sp³-hybridized carbons (Fsp3) is 0.478. The largest absolute Gasteiger partial charge is 0.493 e. The summed E-state index contributed by atoms with van der Waals surface area (Å²) in [6.45, 7) is 7.54. The van der Waals surface area contributed by atoms with E-state index in [1.54, 1.807) is 12.3 Å². The number of hydrogen-bond donors (Lipinski definition) is 1. The maximum absolute atomic E-state index is 14.7. The number of aromatic nitrogens is 1. The van der Waals surface area contributed by atoms with Crippen molar-refractivity contribution in [3.8, 4) is 5.75 Å². The number of carbonyl (C=O) groups is 1. The Kier molecular flexibility index (Phi) is 6.59. The number of methoxy groups -OCH3 is 1. The van der Waals surface area contributed by atoms with Crippen LogP contribution in [0, 0.1) is 11.7 Å². The highest BCUT2D eigenvalue weighted by Gasteiger charge is 2.51. The van der Waals surface area contributed by atoms with E-state index in [1.807, 2.05) is 33.8 Å². The number of halogens is 3. The molecule has 3 atom stereocenters. The standard InChI is InChI=1S/C23H27F3N2O3/c1-6-13-7-8-14(11-27-13)28-22(29)20-17(12(2)23(3,4)31-20)15-9-10-16(21(25)26)18(24)19(15)30-5/h7-12,17,20-21H,6H2,1-5H3,(H,28,29)/t12-,17-,20+/m1/s1. The molecule has 1 saturated heterocycles. The minimum Gasteiger partial charge on any atom is -0.493 e. The molecule has 1 aromatic heterocycles. The van der Waals surface area contributed by atoms with Crippen LogP contribution < -0.4 is 10.1 Å². The minimum absolute atomic E-state index is 0.227. The van der Waals surface area contributed by atoms with Crippen molar-refractivity contribution in [2.24, 2.45) is 5.92 Å². The lowest BCUT2D eigenvalue weighted by Gasteiger charge is -2.26. The third kappa shape index (κ3) is 4.39. The Labute approximate surface area is 180 Å². The lowest BCUT2D eigenvalue weighted by Crippen LogP contribution is -2.33. The SMILES string of the molecule is CCc1ccc(NC(=O)[C@H]2OC(C)(C)[C@H](C)[C@@H]2c2ccc(C(F)F)c(F)c2OC)cn1. The molecule has 1 N–H and O–H groups in total. The first-order chi connectivity index (χ1) is 14.6. The number of pyridine rings is 1. The Bertz CT molecular complexity index is 948. The number of alkyl halides is 2. The summed E-state index contributed by atoms with van der Waals surface area (Å²) in [5.74, 6) is -2.66. The van der Waals surface area contributed by atoms with Gasteiger partial charge in [-0.2, -0.15) is 0 Å². The summed E-state index contributed by atoms with van der Waals surface area (Å²) in [6, 6.07) is 6.00. The van der Waals surface area contributed by atoms with Crippen molar-refractivity contribution in [1.82, 2.24) is 4.98 Å². The Morgan fingerprint density at radius 2 is 2.00 bits per heavy atom. The van der Waals surface area contributed by atoms with Gasteiger partial charge >= 0.3 is 0 Å². The smallest absolute Gasteiger partial charge is 0.266 e. The predicted molar refractivity (Wildman–Crippen MR) is 111 cm³/mol. The van der Waals surface area contributed by atoms with E-state index in [0.29, 0.717) is 11.3 Å². The van der Waals surface area contributed by atoms with Gasteiger partial charge in [0.05, 0.1) is 30.2 Å². The molecule has 0 unspecified atom stereocenters. The average Bonchev–Trinajstić information content (AvgIpc) is 2.97. The van der Waals surface area contributed by atoms with Crippen LogP contribution in [0.3, 0.4) is 0 Å². The maximum atomic E-state index is 14.7. The van der Waals surface area contributed by atoms with Gasteiger partial charge in [-0.1, -0.05) is 19.9 Å². The quantitative estimate of drug-likeness (QED) is 0.671. The molecule has 0 bridgehead atoms. The summed E-state index contributed by atoms with van der Waals surface area (Å²) in [4.78, 5) is 17.4. The maximum Gasteiger partial charge on any atom is 0.266 e. The Hall–Kier alpha value is -2.61. The second-order valence-corrected chi connectivity index (χ2v) is 8.23. The van der Waals surface area contributed by atoms with Gasteiger partial charge in [0, 0.05) is 17.2 Å². The van der Waals surface area contributed by atoms with Gasteiger partial charge in [-0.05, 0) is 44.4 Å². The number of nitrogens with zero attached hydrogens (tertiary/aromatic N) is 1. The highest BCUT2D eigenvalue weighted by atomic mass is 19.3. The number of nitrogens with one attached hydrogen (secondary N) is 1. The first-order valence-electron chi connectivity index (χ1n) is 10.2. The van der Waals surface area contributed by atoms with E-state index in [9.17, 15) is 18.0 Å². The summed E-state index contributed by atoms with van der Waals surface area (Å²) >= 11 is 0. The van der Waals surface area contributed by atoms with Crippen LogP contribution in [-0.4, -0.2) is 29.7 Å². The first kappa shape index (κ1) is 23.1. The molecule has 2 aromatic rings. The monoisotopic (exact) mass is 436 g/mol. The number of amides is 1. The van der Waals surface area contributed by atoms with Crippen LogP contribution in [0.2, 0.25) is 0 Å². The number of rotatable bonds is 6. The fourth-order valence-corrected chi connectivity index (χ4v) is 4.00. The van der Waals surface area contributed by atoms with Gasteiger partial charge in [-0.25, -0.2) is 13.2 Å². The van der Waals surface area contributed by atoms with E-state index in [2.05, 4.69) is 10.3 Å². The van der Waals surface area contributed by atoms with Crippen LogP contribution in [-0.2, 0) is 16.0 Å². The van der Waals surface area contributed by atoms with Crippen molar-refractivity contribution in [3.63, 3.8) is 0 Å². The summed E-state index contributed by atoms with van der Waals surface area (Å²) in [5.41, 5.74) is 0.270. The zero-order chi connectivity index (χ0) is 22.9.